The van der Waals surface area contributed by atoms with Crippen LogP contribution in [0, 0.1) is 5.41 Å². The van der Waals surface area contributed by atoms with E-state index < -0.39 is 0 Å². The minimum absolute atomic E-state index is 0.00518. The quantitative estimate of drug-likeness (QED) is 0.718. The third kappa shape index (κ3) is 3.28. The van der Waals surface area contributed by atoms with Crippen molar-refractivity contribution in [1.82, 2.24) is 20.1 Å². The predicted molar refractivity (Wildman–Crippen MR) is 62.8 cm³/mol. The Kier molecular flexibility index (Phi) is 4.89. The van der Waals surface area contributed by atoms with Gasteiger partial charge in [-0.05, 0) is 12.8 Å². The highest BCUT2D eigenvalue weighted by Crippen LogP contribution is 2.24. The van der Waals surface area contributed by atoms with Gasteiger partial charge in [0.2, 0.25) is 0 Å². The zero-order valence-electron chi connectivity index (χ0n) is 10.4. The lowest BCUT2D eigenvalue weighted by Gasteiger charge is -2.29. The zero-order valence-corrected chi connectivity index (χ0v) is 10.4. The van der Waals surface area contributed by atoms with Crippen molar-refractivity contribution in [3.63, 3.8) is 0 Å². The van der Waals surface area contributed by atoms with Crippen molar-refractivity contribution in [2.45, 2.75) is 33.2 Å². The number of rotatable bonds is 7. The molecule has 1 aromatic rings. The van der Waals surface area contributed by atoms with Crippen LogP contribution in [0.5, 0.6) is 0 Å². The molecule has 1 heterocycles. The first-order valence-corrected chi connectivity index (χ1v) is 5.82. The van der Waals surface area contributed by atoms with Crippen molar-refractivity contribution in [2.75, 3.05) is 13.2 Å². The Balaban J connectivity index is 2.39. The van der Waals surface area contributed by atoms with Crippen LogP contribution >= 0.6 is 0 Å². The third-order valence-electron chi connectivity index (χ3n) is 3.27. The van der Waals surface area contributed by atoms with Crippen molar-refractivity contribution < 1.29 is 5.11 Å². The van der Waals surface area contributed by atoms with E-state index in [0.29, 0.717) is 6.54 Å². The van der Waals surface area contributed by atoms with Gasteiger partial charge in [-0.1, -0.05) is 13.8 Å². The van der Waals surface area contributed by atoms with Crippen LogP contribution in [0.2, 0.25) is 0 Å². The minimum atomic E-state index is -0.00518. The molecule has 0 aliphatic carbocycles. The Morgan fingerprint density at radius 3 is 2.56 bits per heavy atom. The molecule has 16 heavy (non-hydrogen) atoms. The van der Waals surface area contributed by atoms with E-state index in [-0.39, 0.29) is 12.0 Å². The average molecular weight is 226 g/mol. The molecule has 0 unspecified atom stereocenters. The highest BCUT2D eigenvalue weighted by atomic mass is 16.3. The summed E-state index contributed by atoms with van der Waals surface area (Å²) in [6.45, 7) is 5.90. The van der Waals surface area contributed by atoms with Gasteiger partial charge in [-0.25, -0.2) is 4.98 Å². The molecule has 1 rings (SSSR count). The van der Waals surface area contributed by atoms with Crippen LogP contribution in [0.4, 0.5) is 0 Å². The monoisotopic (exact) mass is 226 g/mol. The number of aliphatic hydroxyl groups excluding tert-OH is 1. The van der Waals surface area contributed by atoms with Crippen LogP contribution in [0.15, 0.2) is 6.33 Å². The van der Waals surface area contributed by atoms with E-state index in [1.54, 1.807) is 11.0 Å². The van der Waals surface area contributed by atoms with Gasteiger partial charge in [-0.2, -0.15) is 5.10 Å². The fourth-order valence-corrected chi connectivity index (χ4v) is 1.68. The summed E-state index contributed by atoms with van der Waals surface area (Å²) in [5, 5.41) is 16.9. The second-order valence-corrected chi connectivity index (χ2v) is 4.30. The first kappa shape index (κ1) is 13.1. The maximum absolute atomic E-state index is 9.40. The number of aromatic nitrogens is 3. The molecule has 2 N–H and O–H groups in total. The van der Waals surface area contributed by atoms with Gasteiger partial charge in [0, 0.05) is 25.6 Å². The van der Waals surface area contributed by atoms with Gasteiger partial charge in [0.25, 0.3) is 0 Å². The van der Waals surface area contributed by atoms with Gasteiger partial charge in [-0.3, -0.25) is 4.68 Å². The van der Waals surface area contributed by atoms with Gasteiger partial charge in [0.05, 0.1) is 6.54 Å². The summed E-state index contributed by atoms with van der Waals surface area (Å²) in [5.74, 6) is 0.793. The summed E-state index contributed by atoms with van der Waals surface area (Å²) in [4.78, 5) is 4.14. The zero-order chi connectivity index (χ0) is 12.0. The molecule has 5 heteroatoms. The molecule has 92 valence electrons. The van der Waals surface area contributed by atoms with Crippen molar-refractivity contribution in [1.29, 1.82) is 0 Å². The third-order valence-corrected chi connectivity index (χ3v) is 3.27. The highest BCUT2D eigenvalue weighted by molar-refractivity contribution is 4.83. The van der Waals surface area contributed by atoms with Gasteiger partial charge in [0.15, 0.2) is 5.82 Å². The lowest BCUT2D eigenvalue weighted by molar-refractivity contribution is 0.112. The number of aryl methyl sites for hydroxylation is 1. The number of nitrogens with one attached hydrogen (secondary N) is 1. The first-order chi connectivity index (χ1) is 7.65. The Hall–Kier alpha value is -0.940. The summed E-state index contributed by atoms with van der Waals surface area (Å²) in [5.41, 5.74) is -0.00518. The number of hydrogen-bond acceptors (Lipinski definition) is 4. The second kappa shape index (κ2) is 5.96. The molecular formula is C11H22N4O. The fraction of sp³-hybridized carbons (Fsp3) is 0.818. The number of nitrogens with zero attached hydrogens (tertiary/aromatic N) is 3. The van der Waals surface area contributed by atoms with E-state index in [4.69, 9.17) is 0 Å². The van der Waals surface area contributed by atoms with Crippen LogP contribution in [-0.4, -0.2) is 33.0 Å². The van der Waals surface area contributed by atoms with Gasteiger partial charge in [-0.15, -0.1) is 0 Å². The van der Waals surface area contributed by atoms with Crippen LogP contribution in [0.1, 0.15) is 32.5 Å². The molecule has 1 aromatic heterocycles. The Morgan fingerprint density at radius 1 is 1.44 bits per heavy atom. The molecule has 0 atom stereocenters. The summed E-state index contributed by atoms with van der Waals surface area (Å²) in [6.07, 6.45) is 3.64. The molecule has 0 radical (unpaired) electrons. The van der Waals surface area contributed by atoms with Crippen LogP contribution in [0.3, 0.4) is 0 Å². The predicted octanol–water partition coefficient (Wildman–Crippen LogP) is 0.703. The van der Waals surface area contributed by atoms with E-state index in [9.17, 15) is 5.11 Å². The lowest BCUT2D eigenvalue weighted by atomic mass is 9.83. The molecular weight excluding hydrogens is 204 g/mol. The first-order valence-electron chi connectivity index (χ1n) is 5.82. The summed E-state index contributed by atoms with van der Waals surface area (Å²) in [6, 6.07) is 0. The fourth-order valence-electron chi connectivity index (χ4n) is 1.68. The topological polar surface area (TPSA) is 63.0 Å². The number of hydrogen-bond donors (Lipinski definition) is 2. The van der Waals surface area contributed by atoms with Crippen molar-refractivity contribution >= 4 is 0 Å². The molecule has 0 aliphatic rings. The molecule has 5 nitrogen and oxygen atoms in total. The molecule has 0 fully saturated rings. The van der Waals surface area contributed by atoms with Crippen LogP contribution in [0.25, 0.3) is 0 Å². The van der Waals surface area contributed by atoms with Gasteiger partial charge >= 0.3 is 0 Å². The van der Waals surface area contributed by atoms with Crippen molar-refractivity contribution in [3.8, 4) is 0 Å². The molecule has 0 saturated heterocycles. The minimum Gasteiger partial charge on any atom is -0.396 e. The molecule has 0 bridgehead atoms. The molecule has 0 aromatic carbocycles. The van der Waals surface area contributed by atoms with E-state index in [1.807, 2.05) is 7.05 Å². The maximum atomic E-state index is 9.40. The SMILES string of the molecule is CCC(CC)(CO)CNCc1ncn(C)n1. The number of aliphatic hydroxyl groups is 1. The Morgan fingerprint density at radius 2 is 2.12 bits per heavy atom. The van der Waals surface area contributed by atoms with Crippen molar-refractivity contribution in [3.05, 3.63) is 12.2 Å². The normalized spacial score (nSPS) is 12.0. The largest absolute Gasteiger partial charge is 0.396 e. The van der Waals surface area contributed by atoms with E-state index in [1.165, 1.54) is 0 Å². The molecule has 0 amide bonds. The lowest BCUT2D eigenvalue weighted by Crippen LogP contribution is -2.36. The second-order valence-electron chi connectivity index (χ2n) is 4.30. The average Bonchev–Trinajstić information content (AvgIpc) is 2.71. The molecule has 0 aliphatic heterocycles. The van der Waals surface area contributed by atoms with Crippen LogP contribution < -0.4 is 5.32 Å². The van der Waals surface area contributed by atoms with E-state index >= 15 is 0 Å². The van der Waals surface area contributed by atoms with Crippen molar-refractivity contribution in [2.24, 2.45) is 12.5 Å². The van der Waals surface area contributed by atoms with E-state index in [2.05, 4.69) is 29.2 Å². The summed E-state index contributed by atoms with van der Waals surface area (Å²) < 4.78 is 1.69. The van der Waals surface area contributed by atoms with Gasteiger partial charge < -0.3 is 10.4 Å². The summed E-state index contributed by atoms with van der Waals surface area (Å²) >= 11 is 0. The van der Waals surface area contributed by atoms with E-state index in [0.717, 1.165) is 25.2 Å². The summed E-state index contributed by atoms with van der Waals surface area (Å²) in [7, 11) is 1.85. The van der Waals surface area contributed by atoms with Gasteiger partial charge in [0.1, 0.15) is 6.33 Å². The molecule has 0 saturated carbocycles. The maximum Gasteiger partial charge on any atom is 0.164 e. The Labute approximate surface area is 96.9 Å². The molecule has 0 spiro atoms. The Bertz CT molecular complexity index is 298. The highest BCUT2D eigenvalue weighted by Gasteiger charge is 2.24. The standard InChI is InChI=1S/C11H22N4O/c1-4-11(5-2,8-16)7-12-6-10-13-9-15(3)14-10/h9,12,16H,4-8H2,1-3H3. The smallest absolute Gasteiger partial charge is 0.164 e. The van der Waals surface area contributed by atoms with Crippen LogP contribution in [-0.2, 0) is 13.6 Å².